The van der Waals surface area contributed by atoms with Gasteiger partial charge in [-0.05, 0) is 81.6 Å². The lowest BCUT2D eigenvalue weighted by Crippen LogP contribution is -2.16. The third kappa shape index (κ3) is 4.11. The second-order valence-corrected chi connectivity index (χ2v) is 15.5. The zero-order valence-electron chi connectivity index (χ0n) is 28.9. The van der Waals surface area contributed by atoms with E-state index in [1.165, 1.54) is 64.4 Å². The van der Waals surface area contributed by atoms with Gasteiger partial charge in [-0.15, -0.1) is 11.3 Å². The maximum absolute atomic E-state index is 6.92. The topological polar surface area (TPSA) is 16.4 Å². The fraction of sp³-hybridized carbons (Fsp3) is 0.0612. The van der Waals surface area contributed by atoms with Crippen molar-refractivity contribution in [1.82, 2.24) is 0 Å². The number of furan rings is 1. The lowest BCUT2D eigenvalue weighted by atomic mass is 9.82. The molecule has 0 aliphatic heterocycles. The Kier molecular flexibility index (Phi) is 6.21. The second kappa shape index (κ2) is 10.9. The number of anilines is 3. The van der Waals surface area contributed by atoms with Crippen molar-refractivity contribution in [2.75, 3.05) is 4.90 Å². The van der Waals surface area contributed by atoms with Gasteiger partial charge < -0.3 is 9.32 Å². The first-order chi connectivity index (χ1) is 25.6. The molecule has 0 saturated heterocycles. The number of nitrogens with zero attached hydrogens (tertiary/aromatic N) is 1. The van der Waals surface area contributed by atoms with Gasteiger partial charge >= 0.3 is 0 Å². The first-order valence-corrected chi connectivity index (χ1v) is 18.7. The maximum Gasteiger partial charge on any atom is 0.145 e. The van der Waals surface area contributed by atoms with E-state index < -0.39 is 0 Å². The van der Waals surface area contributed by atoms with Crippen LogP contribution in [0.3, 0.4) is 0 Å². The molecule has 0 spiro atoms. The monoisotopic (exact) mass is 683 g/mol. The average Bonchev–Trinajstić information content (AvgIpc) is 3.83. The van der Waals surface area contributed by atoms with E-state index in [9.17, 15) is 0 Å². The van der Waals surface area contributed by atoms with Crippen molar-refractivity contribution in [2.24, 2.45) is 0 Å². The molecule has 0 fully saturated rings. The van der Waals surface area contributed by atoms with Crippen LogP contribution < -0.4 is 4.90 Å². The second-order valence-electron chi connectivity index (χ2n) is 14.4. The number of fused-ring (bicyclic) bond motifs is 10. The smallest absolute Gasteiger partial charge is 0.145 e. The Bertz CT molecular complexity index is 3060. The fourth-order valence-electron chi connectivity index (χ4n) is 8.85. The van der Waals surface area contributed by atoms with E-state index in [0.29, 0.717) is 0 Å². The molecule has 2 heterocycles. The van der Waals surface area contributed by atoms with Gasteiger partial charge in [0.05, 0.1) is 16.8 Å². The van der Waals surface area contributed by atoms with Crippen LogP contribution in [0.15, 0.2) is 168 Å². The van der Waals surface area contributed by atoms with Crippen molar-refractivity contribution in [2.45, 2.75) is 19.3 Å². The molecule has 1 aliphatic carbocycles. The van der Waals surface area contributed by atoms with Gasteiger partial charge in [0.25, 0.3) is 0 Å². The molecule has 8 aromatic carbocycles. The summed E-state index contributed by atoms with van der Waals surface area (Å²) >= 11 is 1.86. The Balaban J connectivity index is 1.26. The molecular weight excluding hydrogens is 651 g/mol. The molecular formula is C49H33NOS. The van der Waals surface area contributed by atoms with Crippen LogP contribution in [0.25, 0.3) is 75.1 Å². The third-order valence-corrected chi connectivity index (χ3v) is 12.4. The first kappa shape index (κ1) is 29.6. The number of hydrogen-bond acceptors (Lipinski definition) is 3. The highest BCUT2D eigenvalue weighted by atomic mass is 32.1. The summed E-state index contributed by atoms with van der Waals surface area (Å²) in [5.74, 6) is 0. The minimum atomic E-state index is -0.128. The minimum absolute atomic E-state index is 0.128. The number of rotatable bonds is 4. The van der Waals surface area contributed by atoms with Crippen molar-refractivity contribution >= 4 is 81.3 Å². The summed E-state index contributed by atoms with van der Waals surface area (Å²) in [4.78, 5) is 2.50. The largest absolute Gasteiger partial charge is 0.455 e. The molecule has 0 bridgehead atoms. The zero-order valence-corrected chi connectivity index (χ0v) is 29.7. The van der Waals surface area contributed by atoms with Gasteiger partial charge in [0, 0.05) is 47.8 Å². The molecule has 11 rings (SSSR count). The lowest BCUT2D eigenvalue weighted by molar-refractivity contribution is 0.660. The van der Waals surface area contributed by atoms with E-state index in [1.807, 2.05) is 11.3 Å². The minimum Gasteiger partial charge on any atom is -0.455 e. The summed E-state index contributed by atoms with van der Waals surface area (Å²) in [5.41, 5.74) is 12.6. The van der Waals surface area contributed by atoms with E-state index in [0.717, 1.165) is 38.9 Å². The Morgan fingerprint density at radius 3 is 2.12 bits per heavy atom. The van der Waals surface area contributed by atoms with E-state index in [-0.39, 0.29) is 5.41 Å². The SMILES string of the molecule is CC1(C)c2ccccc2-c2c(N(c3ccc4sc5ccccc5c4c3)c3ccc(-c4cccc5ccccc45)c4oc5ccccc5c34)cccc21. The van der Waals surface area contributed by atoms with E-state index in [2.05, 4.69) is 183 Å². The van der Waals surface area contributed by atoms with Crippen molar-refractivity contribution in [1.29, 1.82) is 0 Å². The quantitative estimate of drug-likeness (QED) is 0.184. The summed E-state index contributed by atoms with van der Waals surface area (Å²) in [7, 11) is 0. The fourth-order valence-corrected chi connectivity index (χ4v) is 9.94. The van der Waals surface area contributed by atoms with Gasteiger partial charge in [-0.3, -0.25) is 0 Å². The highest BCUT2D eigenvalue weighted by molar-refractivity contribution is 7.25. The van der Waals surface area contributed by atoms with Crippen molar-refractivity contribution in [3.63, 3.8) is 0 Å². The molecule has 1 aliphatic rings. The summed E-state index contributed by atoms with van der Waals surface area (Å²) < 4.78 is 9.52. The summed E-state index contributed by atoms with van der Waals surface area (Å²) in [6.07, 6.45) is 0. The molecule has 0 N–H and O–H groups in total. The predicted octanol–water partition coefficient (Wildman–Crippen LogP) is 14.6. The molecule has 3 heteroatoms. The first-order valence-electron chi connectivity index (χ1n) is 17.9. The normalized spacial score (nSPS) is 13.3. The molecule has 2 aromatic heterocycles. The van der Waals surface area contributed by atoms with Crippen LogP contribution in [-0.4, -0.2) is 0 Å². The molecule has 0 radical (unpaired) electrons. The van der Waals surface area contributed by atoms with Crippen LogP contribution in [0, 0.1) is 0 Å². The summed E-state index contributed by atoms with van der Waals surface area (Å²) in [5, 5.41) is 7.21. The van der Waals surface area contributed by atoms with Gasteiger partial charge in [0.2, 0.25) is 0 Å². The van der Waals surface area contributed by atoms with Crippen LogP contribution in [-0.2, 0) is 5.41 Å². The zero-order chi connectivity index (χ0) is 34.6. The van der Waals surface area contributed by atoms with E-state index in [1.54, 1.807) is 0 Å². The van der Waals surface area contributed by atoms with E-state index >= 15 is 0 Å². The number of hydrogen-bond donors (Lipinski definition) is 0. The van der Waals surface area contributed by atoms with Crippen LogP contribution in [0.2, 0.25) is 0 Å². The molecule has 0 unspecified atom stereocenters. The van der Waals surface area contributed by atoms with Crippen molar-refractivity contribution < 1.29 is 4.42 Å². The molecule has 2 nitrogen and oxygen atoms in total. The standard InChI is InChI=1S/C49H33NOS/c1-49(2)39-20-8-5-17-36(39)46-40(49)21-12-22-41(46)50(31-25-28-45-38(29-31)34-16-7-10-24-44(34)52-45)42-27-26-35(33-19-11-14-30-13-3-4-15-32(30)33)48-47(42)37-18-6-9-23-43(37)51-48/h3-29H,1-2H3. The van der Waals surface area contributed by atoms with Crippen molar-refractivity contribution in [3.05, 3.63) is 175 Å². The highest BCUT2D eigenvalue weighted by Gasteiger charge is 2.38. The molecule has 0 saturated carbocycles. The van der Waals surface area contributed by atoms with Gasteiger partial charge in [-0.1, -0.05) is 129 Å². The van der Waals surface area contributed by atoms with Gasteiger partial charge in [-0.2, -0.15) is 0 Å². The number of thiophene rings is 1. The Morgan fingerprint density at radius 2 is 1.19 bits per heavy atom. The lowest BCUT2D eigenvalue weighted by Gasteiger charge is -2.30. The van der Waals surface area contributed by atoms with Crippen molar-refractivity contribution in [3.8, 4) is 22.3 Å². The number of para-hydroxylation sites is 1. The Labute approximate surface area is 305 Å². The van der Waals surface area contributed by atoms with Gasteiger partial charge in [0.15, 0.2) is 0 Å². The molecule has 246 valence electrons. The Hall–Kier alpha value is -6.16. The molecule has 0 amide bonds. The van der Waals surface area contributed by atoms with Gasteiger partial charge in [-0.25, -0.2) is 0 Å². The molecule has 0 atom stereocenters. The maximum atomic E-state index is 6.92. The van der Waals surface area contributed by atoms with E-state index in [4.69, 9.17) is 4.42 Å². The van der Waals surface area contributed by atoms with Crippen LogP contribution in [0.1, 0.15) is 25.0 Å². The van der Waals surface area contributed by atoms with Crippen LogP contribution >= 0.6 is 11.3 Å². The third-order valence-electron chi connectivity index (χ3n) is 11.3. The number of benzene rings is 8. The molecule has 52 heavy (non-hydrogen) atoms. The van der Waals surface area contributed by atoms with Crippen LogP contribution in [0.4, 0.5) is 17.1 Å². The molecule has 10 aromatic rings. The highest BCUT2D eigenvalue weighted by Crippen LogP contribution is 2.56. The predicted molar refractivity (Wildman–Crippen MR) is 222 cm³/mol. The Morgan fingerprint density at radius 1 is 0.500 bits per heavy atom. The summed E-state index contributed by atoms with van der Waals surface area (Å²) in [6, 6.07) is 59.9. The summed E-state index contributed by atoms with van der Waals surface area (Å²) in [6.45, 7) is 4.71. The van der Waals surface area contributed by atoms with Gasteiger partial charge in [0.1, 0.15) is 11.2 Å². The van der Waals surface area contributed by atoms with Crippen LogP contribution in [0.5, 0.6) is 0 Å². The average molecular weight is 684 g/mol.